The second-order valence-electron chi connectivity index (χ2n) is 6.13. The Morgan fingerprint density at radius 2 is 1.89 bits per heavy atom. The number of amides is 2. The van der Waals surface area contributed by atoms with E-state index in [4.69, 9.17) is 6.42 Å². The Hall–Kier alpha value is -3.40. The van der Waals surface area contributed by atoms with Gasteiger partial charge >= 0.3 is 0 Å². The lowest BCUT2D eigenvalue weighted by Crippen LogP contribution is -2.31. The van der Waals surface area contributed by atoms with Crippen molar-refractivity contribution in [2.75, 3.05) is 11.9 Å². The van der Waals surface area contributed by atoms with Crippen LogP contribution in [0.4, 0.5) is 10.1 Å². The van der Waals surface area contributed by atoms with E-state index in [2.05, 4.69) is 16.6 Å². The first-order valence-electron chi connectivity index (χ1n) is 8.18. The number of benzene rings is 1. The second-order valence-corrected chi connectivity index (χ2v) is 6.13. The zero-order valence-electron chi connectivity index (χ0n) is 15.6. The first-order chi connectivity index (χ1) is 12.7. The molecule has 0 aliphatic heterocycles. The van der Waals surface area contributed by atoms with Crippen molar-refractivity contribution in [2.24, 2.45) is 7.05 Å². The number of nitrogens with zero attached hydrogens (tertiary/aromatic N) is 1. The number of ketones is 1. The average Bonchev–Trinajstić information content (AvgIpc) is 2.84. The molecule has 0 saturated heterocycles. The molecular formula is C20H20FN3O3. The highest BCUT2D eigenvalue weighted by molar-refractivity contribution is 6.43. The molecule has 1 aromatic heterocycles. The summed E-state index contributed by atoms with van der Waals surface area (Å²) in [5.74, 6) is -0.196. The largest absolute Gasteiger partial charge is 0.343 e. The van der Waals surface area contributed by atoms with Crippen LogP contribution in [0.5, 0.6) is 0 Å². The van der Waals surface area contributed by atoms with Gasteiger partial charge in [-0.05, 0) is 50.1 Å². The molecule has 0 bridgehead atoms. The van der Waals surface area contributed by atoms with E-state index in [9.17, 15) is 18.8 Å². The van der Waals surface area contributed by atoms with E-state index in [1.165, 1.54) is 18.2 Å². The fourth-order valence-corrected chi connectivity index (χ4v) is 2.87. The number of anilines is 1. The van der Waals surface area contributed by atoms with Crippen molar-refractivity contribution in [3.8, 4) is 12.3 Å². The first-order valence-corrected chi connectivity index (χ1v) is 8.18. The Morgan fingerprint density at radius 1 is 1.22 bits per heavy atom. The summed E-state index contributed by atoms with van der Waals surface area (Å²) in [6, 6.07) is 4.22. The normalized spacial score (nSPS) is 10.2. The third-order valence-corrected chi connectivity index (χ3v) is 4.35. The van der Waals surface area contributed by atoms with Gasteiger partial charge in [0.25, 0.3) is 17.6 Å². The highest BCUT2D eigenvalue weighted by Crippen LogP contribution is 2.23. The molecule has 0 fully saturated rings. The quantitative estimate of drug-likeness (QED) is 0.482. The van der Waals surface area contributed by atoms with E-state index in [-0.39, 0.29) is 23.6 Å². The zero-order valence-corrected chi connectivity index (χ0v) is 15.6. The smallest absolute Gasteiger partial charge is 0.293 e. The first kappa shape index (κ1) is 19.9. The minimum atomic E-state index is -0.828. The number of carbonyl (C=O) groups is 3. The maximum absolute atomic E-state index is 13.4. The highest BCUT2D eigenvalue weighted by atomic mass is 19.1. The predicted octanol–water partition coefficient (Wildman–Crippen LogP) is 2.27. The number of nitrogens with one attached hydrogen (secondary N) is 2. The number of rotatable bonds is 5. The van der Waals surface area contributed by atoms with E-state index < -0.39 is 17.6 Å². The highest BCUT2D eigenvalue weighted by Gasteiger charge is 2.28. The van der Waals surface area contributed by atoms with E-state index in [0.29, 0.717) is 22.5 Å². The summed E-state index contributed by atoms with van der Waals surface area (Å²) in [6.45, 7) is 4.77. The van der Waals surface area contributed by atoms with E-state index in [1.807, 2.05) is 0 Å². The Balaban J connectivity index is 2.36. The molecule has 27 heavy (non-hydrogen) atoms. The molecule has 1 heterocycles. The van der Waals surface area contributed by atoms with Gasteiger partial charge in [-0.2, -0.15) is 0 Å². The molecule has 0 spiro atoms. The van der Waals surface area contributed by atoms with Crippen molar-refractivity contribution in [3.63, 3.8) is 0 Å². The van der Waals surface area contributed by atoms with Gasteiger partial charge in [0, 0.05) is 18.4 Å². The lowest BCUT2D eigenvalue weighted by atomic mass is 10.0. The number of carbonyl (C=O) groups excluding carboxylic acids is 3. The number of aromatic nitrogens is 1. The standard InChI is InChI=1S/C20H20FN3O3/c1-6-9-22-20(27)18(25)16-12(3)17(24(5)13(16)4)19(26)23-14-7-8-15(21)11(2)10-14/h1,7-8,10H,9H2,2-5H3,(H,22,27)(H,23,26). The molecular weight excluding hydrogens is 349 g/mol. The molecule has 0 saturated carbocycles. The Labute approximate surface area is 156 Å². The summed E-state index contributed by atoms with van der Waals surface area (Å²) in [5.41, 5.74) is 2.08. The summed E-state index contributed by atoms with van der Waals surface area (Å²) < 4.78 is 14.9. The molecule has 140 valence electrons. The summed E-state index contributed by atoms with van der Waals surface area (Å²) in [7, 11) is 1.63. The molecule has 2 N–H and O–H groups in total. The topological polar surface area (TPSA) is 80.2 Å². The number of Topliss-reactive ketones (excluding diaryl/α,β-unsaturated/α-hetero) is 1. The SMILES string of the molecule is C#CCNC(=O)C(=O)c1c(C)c(C(=O)Nc2ccc(F)c(C)c2)n(C)c1C. The fraction of sp³-hybridized carbons (Fsp3) is 0.250. The molecule has 0 aliphatic carbocycles. The van der Waals surface area contributed by atoms with Crippen LogP contribution in [0.1, 0.15) is 37.7 Å². The molecule has 0 atom stereocenters. The Bertz CT molecular complexity index is 983. The van der Waals surface area contributed by atoms with Crippen molar-refractivity contribution in [1.82, 2.24) is 9.88 Å². The van der Waals surface area contributed by atoms with Crippen molar-refractivity contribution in [1.29, 1.82) is 0 Å². The molecule has 2 aromatic rings. The van der Waals surface area contributed by atoms with Crippen molar-refractivity contribution in [3.05, 3.63) is 52.1 Å². The molecule has 0 aliphatic rings. The van der Waals surface area contributed by atoms with Gasteiger partial charge in [-0.15, -0.1) is 6.42 Å². The third-order valence-electron chi connectivity index (χ3n) is 4.35. The third kappa shape index (κ3) is 3.90. The van der Waals surface area contributed by atoms with Crippen molar-refractivity contribution < 1.29 is 18.8 Å². The van der Waals surface area contributed by atoms with Gasteiger partial charge in [-0.1, -0.05) is 5.92 Å². The van der Waals surface area contributed by atoms with Crippen LogP contribution < -0.4 is 10.6 Å². The maximum atomic E-state index is 13.4. The van der Waals surface area contributed by atoms with Crippen molar-refractivity contribution in [2.45, 2.75) is 20.8 Å². The second kappa shape index (κ2) is 7.87. The van der Waals surface area contributed by atoms with Gasteiger partial charge in [-0.3, -0.25) is 14.4 Å². The summed E-state index contributed by atoms with van der Waals surface area (Å²) in [5, 5.41) is 5.01. The molecule has 7 heteroatoms. The lowest BCUT2D eigenvalue weighted by molar-refractivity contribution is -0.116. The van der Waals surface area contributed by atoms with Crippen LogP contribution in [-0.2, 0) is 11.8 Å². The van der Waals surface area contributed by atoms with Crippen LogP contribution in [0.15, 0.2) is 18.2 Å². The van der Waals surface area contributed by atoms with Crippen LogP contribution in [0.25, 0.3) is 0 Å². The van der Waals surface area contributed by atoms with E-state index >= 15 is 0 Å². The van der Waals surface area contributed by atoms with Gasteiger partial charge in [0.05, 0.1) is 12.1 Å². The zero-order chi connectivity index (χ0) is 20.3. The number of halogens is 1. The average molecular weight is 369 g/mol. The number of terminal acetylenes is 1. The Kier molecular flexibility index (Phi) is 5.81. The molecule has 6 nitrogen and oxygen atoms in total. The summed E-state index contributed by atoms with van der Waals surface area (Å²) in [6.07, 6.45) is 5.08. The van der Waals surface area contributed by atoms with E-state index in [1.54, 1.807) is 32.4 Å². The predicted molar refractivity (Wildman–Crippen MR) is 100 cm³/mol. The van der Waals surface area contributed by atoms with Crippen LogP contribution in [0, 0.1) is 38.9 Å². The molecule has 2 amide bonds. The van der Waals surface area contributed by atoms with Gasteiger partial charge in [0.1, 0.15) is 11.5 Å². The fourth-order valence-electron chi connectivity index (χ4n) is 2.87. The van der Waals surface area contributed by atoms with Gasteiger partial charge < -0.3 is 15.2 Å². The van der Waals surface area contributed by atoms with Gasteiger partial charge in [0.15, 0.2) is 0 Å². The number of aryl methyl sites for hydroxylation is 1. The minimum absolute atomic E-state index is 0.0627. The monoisotopic (exact) mass is 369 g/mol. The lowest BCUT2D eigenvalue weighted by Gasteiger charge is -2.09. The molecule has 2 rings (SSSR count). The molecule has 0 radical (unpaired) electrons. The van der Waals surface area contributed by atoms with Gasteiger partial charge in [-0.25, -0.2) is 4.39 Å². The van der Waals surface area contributed by atoms with Crippen LogP contribution in [-0.4, -0.2) is 28.7 Å². The minimum Gasteiger partial charge on any atom is -0.343 e. The van der Waals surface area contributed by atoms with E-state index in [0.717, 1.165) is 0 Å². The van der Waals surface area contributed by atoms with Crippen LogP contribution >= 0.6 is 0 Å². The molecule has 0 unspecified atom stereocenters. The van der Waals surface area contributed by atoms with Crippen LogP contribution in [0.3, 0.4) is 0 Å². The van der Waals surface area contributed by atoms with Crippen molar-refractivity contribution >= 4 is 23.3 Å². The maximum Gasteiger partial charge on any atom is 0.293 e. The van der Waals surface area contributed by atoms with Crippen LogP contribution in [0.2, 0.25) is 0 Å². The number of hydrogen-bond acceptors (Lipinski definition) is 3. The molecule has 1 aromatic carbocycles. The Morgan fingerprint density at radius 3 is 2.48 bits per heavy atom. The van der Waals surface area contributed by atoms with Gasteiger partial charge in [0.2, 0.25) is 0 Å². The summed E-state index contributed by atoms with van der Waals surface area (Å²) in [4.78, 5) is 37.1. The summed E-state index contributed by atoms with van der Waals surface area (Å²) >= 11 is 0. The number of hydrogen-bond donors (Lipinski definition) is 2.